The monoisotopic (exact) mass is 919 g/mol. The highest BCUT2D eigenvalue weighted by Crippen LogP contribution is 2.30. The number of carbonyl (C=O) groups excluding carboxylic acids is 8. The SMILES string of the molecule is CC[C@H](C)[C@@H]1NC(=O)CNC(=O)[C@@H]2Cc3c([nH]c4cc(O)ccc34)[S@@](=O)C[C@@H](NC(=O)CNC1=O)C(=O)N[C@@H](CC(=O)O)C(=O)N1C[C@H](O)C[C@H]1C(=O)N[C@@H]([C@@H](C)[C@@H](O)CO)C(=O)N2. The third-order valence-corrected chi connectivity index (χ3v) is 12.9. The molecule has 1 aromatic heterocycles. The van der Waals surface area contributed by atoms with Gasteiger partial charge in [-0.1, -0.05) is 27.2 Å². The van der Waals surface area contributed by atoms with Crippen LogP contribution >= 0.6 is 0 Å². The molecule has 3 aliphatic heterocycles. The van der Waals surface area contributed by atoms with Gasteiger partial charge in [-0.05, 0) is 23.6 Å². The van der Waals surface area contributed by atoms with Crippen LogP contribution < -0.4 is 37.2 Å². The molecule has 3 aliphatic rings. The zero-order valence-electron chi connectivity index (χ0n) is 35.0. The fourth-order valence-corrected chi connectivity index (χ4v) is 9.07. The van der Waals surface area contributed by atoms with Crippen molar-refractivity contribution in [2.45, 2.75) is 99.9 Å². The number of aliphatic hydroxyl groups excluding tert-OH is 3. The van der Waals surface area contributed by atoms with Crippen molar-refractivity contribution < 1.29 is 72.9 Å². The molecule has 2 bridgehead atoms. The molecule has 350 valence electrons. The largest absolute Gasteiger partial charge is 0.508 e. The summed E-state index contributed by atoms with van der Waals surface area (Å²) >= 11 is 0. The number of carboxylic acid groups (broad SMARTS) is 1. The van der Waals surface area contributed by atoms with E-state index in [-0.39, 0.29) is 27.2 Å². The minimum absolute atomic E-state index is 0.0635. The molecule has 13 N–H and O–H groups in total. The van der Waals surface area contributed by atoms with E-state index >= 15 is 0 Å². The number of carbonyl (C=O) groups is 9. The second kappa shape index (κ2) is 21.0. The molecule has 24 nitrogen and oxygen atoms in total. The molecule has 1 fully saturated rings. The van der Waals surface area contributed by atoms with Crippen molar-refractivity contribution in [3.05, 3.63) is 23.8 Å². The second-order valence-electron chi connectivity index (χ2n) is 16.1. The lowest BCUT2D eigenvalue weighted by atomic mass is 9.93. The molecule has 2 aromatic rings. The Morgan fingerprint density at radius 2 is 1.53 bits per heavy atom. The highest BCUT2D eigenvalue weighted by atomic mass is 32.2. The number of benzene rings is 1. The van der Waals surface area contributed by atoms with Crippen LogP contribution in [-0.4, -0.2) is 173 Å². The first-order valence-electron chi connectivity index (χ1n) is 20.5. The summed E-state index contributed by atoms with van der Waals surface area (Å²) < 4.78 is 14.5. The summed E-state index contributed by atoms with van der Waals surface area (Å²) in [4.78, 5) is 127. The molecule has 0 unspecified atom stereocenters. The normalized spacial score (nSPS) is 28.5. The lowest BCUT2D eigenvalue weighted by molar-refractivity contribution is -0.146. The number of aromatic nitrogens is 1. The smallest absolute Gasteiger partial charge is 0.305 e. The van der Waals surface area contributed by atoms with Gasteiger partial charge in [-0.15, -0.1) is 0 Å². The zero-order valence-corrected chi connectivity index (χ0v) is 35.9. The Bertz CT molecular complexity index is 2200. The summed E-state index contributed by atoms with van der Waals surface area (Å²) in [5.41, 5.74) is 0.220. The molecule has 0 radical (unpaired) electrons. The third kappa shape index (κ3) is 11.5. The van der Waals surface area contributed by atoms with Crippen LogP contribution in [0.1, 0.15) is 45.6 Å². The number of aromatic amines is 1. The molecule has 0 saturated carbocycles. The summed E-state index contributed by atoms with van der Waals surface area (Å²) in [5.74, 6) is -12.9. The Morgan fingerprint density at radius 1 is 0.859 bits per heavy atom. The van der Waals surface area contributed by atoms with E-state index in [0.29, 0.717) is 6.42 Å². The first-order valence-corrected chi connectivity index (χ1v) is 21.8. The number of H-pyrrole nitrogens is 1. The van der Waals surface area contributed by atoms with E-state index < -0.39 is 176 Å². The van der Waals surface area contributed by atoms with E-state index in [1.807, 2.05) is 0 Å². The van der Waals surface area contributed by atoms with Crippen LogP contribution in [0.5, 0.6) is 5.75 Å². The average molecular weight is 920 g/mol. The van der Waals surface area contributed by atoms with Gasteiger partial charge < -0.3 is 72.6 Å². The van der Waals surface area contributed by atoms with E-state index in [1.165, 1.54) is 25.1 Å². The summed E-state index contributed by atoms with van der Waals surface area (Å²) in [5, 5.41) is 68.3. The highest BCUT2D eigenvalue weighted by molar-refractivity contribution is 7.85. The summed E-state index contributed by atoms with van der Waals surface area (Å²) in [7, 11) is -2.41. The first kappa shape index (κ1) is 48.8. The zero-order chi connectivity index (χ0) is 47.2. The standard InChI is InChI=1S/C39H53N9O15S/c1-4-16(2)31-36(60)41-11-28(53)42-25-15-64(63)38-21(20-6-5-18(50)7-22(20)45-38)9-23(33(57)40-12-29(54)46-31)43-37(61)32(17(3)27(52)14-49)47-35(59)26-8-19(51)13-48(26)39(62)24(10-30(55)56)44-34(25)58/h5-7,16-17,19,23-27,31-32,45,49-52H,4,8-15H2,1-3H3,(H,40,57)(H,41,60)(H,42,53)(H,43,61)(H,44,58)(H,46,54)(H,47,59)(H,55,56)/t16-,17-,19+,23-,24-,25+,26-,27-,31-,32-,64-/m0/s1. The van der Waals surface area contributed by atoms with Crippen molar-refractivity contribution in [2.75, 3.05) is 32.0 Å². The van der Waals surface area contributed by atoms with E-state index in [0.717, 1.165) is 4.90 Å². The molecular formula is C39H53N9O15S. The van der Waals surface area contributed by atoms with E-state index in [4.69, 9.17) is 0 Å². The number of aliphatic carboxylic acids is 1. The lowest BCUT2D eigenvalue weighted by Crippen LogP contribution is -2.62. The van der Waals surface area contributed by atoms with Crippen LogP contribution in [0.15, 0.2) is 23.2 Å². The maximum atomic E-state index is 14.5. The molecule has 0 spiro atoms. The second-order valence-corrected chi connectivity index (χ2v) is 17.5. The highest BCUT2D eigenvalue weighted by Gasteiger charge is 2.45. The quantitative estimate of drug-likeness (QED) is 0.123. The van der Waals surface area contributed by atoms with Crippen LogP contribution in [-0.2, 0) is 60.4 Å². The number of nitrogens with one attached hydrogen (secondary N) is 8. The maximum absolute atomic E-state index is 14.5. The number of phenols is 1. The topological polar surface area (TPSA) is 375 Å². The van der Waals surface area contributed by atoms with Gasteiger partial charge in [-0.3, -0.25) is 47.4 Å². The van der Waals surface area contributed by atoms with Crippen molar-refractivity contribution in [3.63, 3.8) is 0 Å². The van der Waals surface area contributed by atoms with Gasteiger partial charge in [0.1, 0.15) is 47.0 Å². The number of rotatable bonds is 7. The van der Waals surface area contributed by atoms with Gasteiger partial charge in [-0.2, -0.15) is 0 Å². The number of aliphatic hydroxyl groups is 3. The number of carboxylic acids is 1. The van der Waals surface area contributed by atoms with Gasteiger partial charge in [0.2, 0.25) is 47.3 Å². The van der Waals surface area contributed by atoms with Gasteiger partial charge in [0.25, 0.3) is 0 Å². The number of hydrogen-bond acceptors (Lipinski definition) is 14. The number of hydrogen-bond donors (Lipinski definition) is 13. The fraction of sp³-hybridized carbons (Fsp3) is 0.564. The Labute approximate surface area is 367 Å². The van der Waals surface area contributed by atoms with Crippen molar-refractivity contribution in [3.8, 4) is 5.75 Å². The summed E-state index contributed by atoms with van der Waals surface area (Å²) in [6, 6.07) is -6.28. The molecule has 4 heterocycles. The van der Waals surface area contributed by atoms with E-state index in [1.54, 1.807) is 13.8 Å². The Hall–Kier alpha value is -6.18. The minimum atomic E-state index is -2.41. The van der Waals surface area contributed by atoms with Crippen molar-refractivity contribution in [1.82, 2.24) is 47.1 Å². The van der Waals surface area contributed by atoms with Crippen molar-refractivity contribution in [2.24, 2.45) is 11.8 Å². The molecule has 25 heteroatoms. The Morgan fingerprint density at radius 3 is 2.19 bits per heavy atom. The molecule has 5 rings (SSSR count). The Balaban J connectivity index is 1.73. The average Bonchev–Trinajstić information content (AvgIpc) is 3.82. The van der Waals surface area contributed by atoms with Crippen LogP contribution in [0.25, 0.3) is 10.9 Å². The Kier molecular flexibility index (Phi) is 16.0. The van der Waals surface area contributed by atoms with Crippen LogP contribution in [0.3, 0.4) is 0 Å². The van der Waals surface area contributed by atoms with Crippen LogP contribution in [0.2, 0.25) is 0 Å². The predicted molar refractivity (Wildman–Crippen MR) is 221 cm³/mol. The molecule has 1 aromatic carbocycles. The third-order valence-electron chi connectivity index (χ3n) is 11.5. The molecular weight excluding hydrogens is 867 g/mol. The molecule has 8 amide bonds. The number of fused-ring (bicyclic) bond motifs is 5. The van der Waals surface area contributed by atoms with Crippen LogP contribution in [0, 0.1) is 11.8 Å². The number of aromatic hydroxyl groups is 1. The number of nitrogens with zero attached hydrogens (tertiary/aromatic N) is 1. The number of amides is 8. The first-order chi connectivity index (χ1) is 30.2. The molecule has 0 aliphatic carbocycles. The minimum Gasteiger partial charge on any atom is -0.508 e. The van der Waals surface area contributed by atoms with Crippen LogP contribution in [0.4, 0.5) is 0 Å². The van der Waals surface area contributed by atoms with E-state index in [2.05, 4.69) is 42.2 Å². The molecule has 11 atom stereocenters. The fourth-order valence-electron chi connectivity index (χ4n) is 7.67. The van der Waals surface area contributed by atoms with Crippen molar-refractivity contribution in [1.29, 1.82) is 0 Å². The maximum Gasteiger partial charge on any atom is 0.305 e. The summed E-state index contributed by atoms with van der Waals surface area (Å²) in [6.07, 6.45) is -4.74. The number of phenolic OH excluding ortho intramolecular Hbond substituents is 1. The van der Waals surface area contributed by atoms with Crippen molar-refractivity contribution >= 4 is 74.9 Å². The van der Waals surface area contributed by atoms with Gasteiger partial charge in [0.05, 0.1) is 60.4 Å². The summed E-state index contributed by atoms with van der Waals surface area (Å²) in [6.45, 7) is 1.64. The van der Waals surface area contributed by atoms with Gasteiger partial charge >= 0.3 is 5.97 Å². The molecule has 1 saturated heterocycles. The van der Waals surface area contributed by atoms with Gasteiger partial charge in [-0.25, -0.2) is 0 Å². The van der Waals surface area contributed by atoms with Gasteiger partial charge in [0, 0.05) is 36.8 Å². The van der Waals surface area contributed by atoms with Gasteiger partial charge in [0.15, 0.2) is 0 Å². The molecule has 64 heavy (non-hydrogen) atoms. The lowest BCUT2D eigenvalue weighted by Gasteiger charge is -2.32. The predicted octanol–water partition coefficient (Wildman–Crippen LogP) is -5.32. The van der Waals surface area contributed by atoms with E-state index in [9.17, 15) is 72.9 Å².